The highest BCUT2D eigenvalue weighted by molar-refractivity contribution is 7.89. The van der Waals surface area contributed by atoms with Crippen LogP contribution in [0.1, 0.15) is 43.4 Å². The summed E-state index contributed by atoms with van der Waals surface area (Å²) in [5, 5.41) is 7.50. The highest BCUT2D eigenvalue weighted by Crippen LogP contribution is 2.24. The molecule has 2 aromatic carbocycles. The van der Waals surface area contributed by atoms with Gasteiger partial charge >= 0.3 is 5.97 Å². The van der Waals surface area contributed by atoms with Crippen LogP contribution < -0.4 is 5.73 Å². The molecule has 1 unspecified atom stereocenters. The zero-order valence-electron chi connectivity index (χ0n) is 18.6. The fraction of sp³-hybridized carbons (Fsp3) is 0.391. The van der Waals surface area contributed by atoms with Crippen molar-refractivity contribution in [2.75, 3.05) is 19.6 Å². The molecule has 172 valence electrons. The molecule has 2 aromatic rings. The molecular weight excluding hydrogens is 428 g/mol. The van der Waals surface area contributed by atoms with Gasteiger partial charge in [-0.15, -0.1) is 0 Å². The van der Waals surface area contributed by atoms with Gasteiger partial charge in [-0.25, -0.2) is 8.42 Å². The molecule has 0 bridgehead atoms. The number of carbonyl (C=O) groups is 1. The van der Waals surface area contributed by atoms with Gasteiger partial charge in [0.1, 0.15) is 5.84 Å². The van der Waals surface area contributed by atoms with Gasteiger partial charge < -0.3 is 10.5 Å². The Balaban J connectivity index is 1.76. The number of nitrogens with one attached hydrogen (secondary N) is 1. The Hall–Kier alpha value is -2.75. The molecule has 0 amide bonds. The summed E-state index contributed by atoms with van der Waals surface area (Å²) < 4.78 is 33.3. The van der Waals surface area contributed by atoms with Crippen molar-refractivity contribution in [3.63, 3.8) is 0 Å². The molecule has 0 saturated carbocycles. The van der Waals surface area contributed by atoms with Gasteiger partial charge in [0.2, 0.25) is 10.0 Å². The van der Waals surface area contributed by atoms with Crippen LogP contribution in [0.3, 0.4) is 0 Å². The second kappa shape index (κ2) is 9.81. The van der Waals surface area contributed by atoms with Gasteiger partial charge in [0.15, 0.2) is 6.23 Å². The van der Waals surface area contributed by atoms with Crippen molar-refractivity contribution in [1.29, 1.82) is 5.41 Å². The first-order valence-corrected chi connectivity index (χ1v) is 12.0. The van der Waals surface area contributed by atoms with Crippen molar-refractivity contribution in [1.82, 2.24) is 9.21 Å². The number of rotatable bonds is 7. The Morgan fingerprint density at radius 1 is 1.12 bits per heavy atom. The highest BCUT2D eigenvalue weighted by Gasteiger charge is 2.36. The fourth-order valence-corrected chi connectivity index (χ4v) is 5.09. The largest absolute Gasteiger partial charge is 0.445 e. The van der Waals surface area contributed by atoms with Crippen LogP contribution in [-0.2, 0) is 26.1 Å². The Bertz CT molecular complexity index is 1070. The van der Waals surface area contributed by atoms with E-state index in [0.717, 1.165) is 11.1 Å². The predicted octanol–water partition coefficient (Wildman–Crippen LogP) is 2.49. The number of hydrogen-bond acceptors (Lipinski definition) is 6. The number of hydrogen-bond donors (Lipinski definition) is 2. The lowest BCUT2D eigenvalue weighted by atomic mass is 10.0. The molecule has 1 aliphatic rings. The maximum absolute atomic E-state index is 13.2. The maximum atomic E-state index is 13.2. The normalized spacial score (nSPS) is 17.9. The van der Waals surface area contributed by atoms with E-state index in [-0.39, 0.29) is 23.8 Å². The van der Waals surface area contributed by atoms with Gasteiger partial charge in [-0.2, -0.15) is 4.31 Å². The van der Waals surface area contributed by atoms with E-state index in [2.05, 4.69) is 13.8 Å². The van der Waals surface area contributed by atoms with Crippen molar-refractivity contribution in [3.05, 3.63) is 65.2 Å². The molecule has 1 saturated heterocycles. The molecule has 1 atom stereocenters. The molecule has 1 aliphatic heterocycles. The standard InChI is InChI=1S/C23H30N4O4S/c1-16(2)19-8-10-21(11-9-19)32(29,30)27-13-12-26(22(15-27)31-17(3)28)14-18-4-6-20(7-5-18)23(24)25/h4-11,16,22H,12-15H2,1-3H3,(H3,24,25). The number of amidine groups is 1. The van der Waals surface area contributed by atoms with Crippen molar-refractivity contribution in [2.24, 2.45) is 5.73 Å². The molecule has 1 heterocycles. The average Bonchev–Trinajstić information content (AvgIpc) is 2.75. The summed E-state index contributed by atoms with van der Waals surface area (Å²) in [5.41, 5.74) is 8.16. The Labute approximate surface area is 189 Å². The van der Waals surface area contributed by atoms with Gasteiger partial charge in [0.25, 0.3) is 0 Å². The minimum atomic E-state index is -3.71. The van der Waals surface area contributed by atoms with Crippen LogP contribution in [0.2, 0.25) is 0 Å². The lowest BCUT2D eigenvalue weighted by Gasteiger charge is -2.39. The summed E-state index contributed by atoms with van der Waals surface area (Å²) >= 11 is 0. The molecule has 0 spiro atoms. The molecule has 3 N–H and O–H groups in total. The first kappa shape index (κ1) is 23.9. The zero-order chi connectivity index (χ0) is 23.5. The first-order chi connectivity index (χ1) is 15.1. The van der Waals surface area contributed by atoms with Gasteiger partial charge in [-0.1, -0.05) is 50.2 Å². The molecule has 9 heteroatoms. The van der Waals surface area contributed by atoms with Crippen LogP contribution >= 0.6 is 0 Å². The molecular formula is C23H30N4O4S. The second-order valence-electron chi connectivity index (χ2n) is 8.23. The third kappa shape index (κ3) is 5.53. The number of nitrogens with two attached hydrogens (primary N) is 1. The molecule has 1 fully saturated rings. The van der Waals surface area contributed by atoms with Crippen LogP contribution in [0.15, 0.2) is 53.4 Å². The van der Waals surface area contributed by atoms with Crippen molar-refractivity contribution in [3.8, 4) is 0 Å². The summed E-state index contributed by atoms with van der Waals surface area (Å²) in [4.78, 5) is 13.9. The van der Waals surface area contributed by atoms with Gasteiger partial charge in [0.05, 0.1) is 11.4 Å². The third-order valence-corrected chi connectivity index (χ3v) is 7.42. The van der Waals surface area contributed by atoms with Crippen molar-refractivity contribution >= 4 is 21.8 Å². The smallest absolute Gasteiger partial charge is 0.304 e. The van der Waals surface area contributed by atoms with Crippen LogP contribution in [0.5, 0.6) is 0 Å². The number of benzene rings is 2. The molecule has 0 aromatic heterocycles. The van der Waals surface area contributed by atoms with E-state index in [0.29, 0.717) is 24.6 Å². The number of carbonyl (C=O) groups excluding carboxylic acids is 1. The number of nitrogen functional groups attached to an aromatic ring is 1. The number of piperazine rings is 1. The molecule has 3 rings (SSSR count). The minimum Gasteiger partial charge on any atom is -0.445 e. The number of sulfonamides is 1. The van der Waals surface area contributed by atoms with Crippen LogP contribution in [0.4, 0.5) is 0 Å². The third-order valence-electron chi connectivity index (χ3n) is 5.54. The molecule has 32 heavy (non-hydrogen) atoms. The summed E-state index contributed by atoms with van der Waals surface area (Å²) in [6, 6.07) is 14.2. The van der Waals surface area contributed by atoms with E-state index in [1.54, 1.807) is 24.3 Å². The van der Waals surface area contributed by atoms with Crippen molar-refractivity contribution < 1.29 is 17.9 Å². The van der Waals surface area contributed by atoms with E-state index in [1.807, 2.05) is 29.2 Å². The topological polar surface area (TPSA) is 117 Å². The zero-order valence-corrected chi connectivity index (χ0v) is 19.4. The summed E-state index contributed by atoms with van der Waals surface area (Å²) in [6.45, 7) is 6.66. The maximum Gasteiger partial charge on any atom is 0.304 e. The van der Waals surface area contributed by atoms with Gasteiger partial charge in [-0.3, -0.25) is 15.1 Å². The Morgan fingerprint density at radius 2 is 1.75 bits per heavy atom. The van der Waals surface area contributed by atoms with E-state index in [4.69, 9.17) is 15.9 Å². The fourth-order valence-electron chi connectivity index (χ4n) is 3.67. The summed E-state index contributed by atoms with van der Waals surface area (Å²) in [5.74, 6) is -0.157. The SMILES string of the molecule is CC(=O)OC1CN(S(=O)(=O)c2ccc(C(C)C)cc2)CCN1Cc1ccc(C(=N)N)cc1. The average molecular weight is 459 g/mol. The molecule has 0 radical (unpaired) electrons. The lowest BCUT2D eigenvalue weighted by Crippen LogP contribution is -2.55. The Morgan fingerprint density at radius 3 is 2.28 bits per heavy atom. The van der Waals surface area contributed by atoms with Crippen molar-refractivity contribution in [2.45, 2.75) is 44.4 Å². The van der Waals surface area contributed by atoms with Crippen LogP contribution in [-0.4, -0.2) is 55.3 Å². The summed E-state index contributed by atoms with van der Waals surface area (Å²) in [7, 11) is -3.71. The van der Waals surface area contributed by atoms with Gasteiger partial charge in [0, 0.05) is 32.1 Å². The molecule has 0 aliphatic carbocycles. The second-order valence-corrected chi connectivity index (χ2v) is 10.2. The van der Waals surface area contributed by atoms with E-state index in [1.165, 1.54) is 11.2 Å². The number of nitrogens with zero attached hydrogens (tertiary/aromatic N) is 2. The van der Waals surface area contributed by atoms with Crippen LogP contribution in [0.25, 0.3) is 0 Å². The van der Waals surface area contributed by atoms with Gasteiger partial charge in [-0.05, 0) is 29.2 Å². The molecule has 8 nitrogen and oxygen atoms in total. The summed E-state index contributed by atoms with van der Waals surface area (Å²) in [6.07, 6.45) is -0.696. The van der Waals surface area contributed by atoms with E-state index >= 15 is 0 Å². The number of ether oxygens (including phenoxy) is 1. The number of esters is 1. The highest BCUT2D eigenvalue weighted by atomic mass is 32.2. The van der Waals surface area contributed by atoms with E-state index < -0.39 is 22.2 Å². The first-order valence-electron chi connectivity index (χ1n) is 10.5. The predicted molar refractivity (Wildman–Crippen MR) is 123 cm³/mol. The quantitative estimate of drug-likeness (QED) is 0.374. The monoisotopic (exact) mass is 458 g/mol. The minimum absolute atomic E-state index is 0.00501. The van der Waals surface area contributed by atoms with E-state index in [9.17, 15) is 13.2 Å². The lowest BCUT2D eigenvalue weighted by molar-refractivity contribution is -0.161. The van der Waals surface area contributed by atoms with Crippen LogP contribution in [0, 0.1) is 5.41 Å². The Kier molecular flexibility index (Phi) is 7.33.